The first-order chi connectivity index (χ1) is 4.12. The summed E-state index contributed by atoms with van der Waals surface area (Å²) in [5.74, 6) is 0. The van der Waals surface area contributed by atoms with Gasteiger partial charge in [-0.2, -0.15) is 4.65 Å². The van der Waals surface area contributed by atoms with Crippen molar-refractivity contribution in [3.05, 3.63) is 0 Å². The monoisotopic (exact) mass is 211 g/mol. The molecule has 0 N–H and O–H groups in total. The van der Waals surface area contributed by atoms with Crippen molar-refractivity contribution < 1.29 is 26.5 Å². The Bertz CT molecular complexity index is 68.0. The van der Waals surface area contributed by atoms with E-state index in [4.69, 9.17) is 4.84 Å². The minimum absolute atomic E-state index is 0. The standard InChI is InChI=1S/C7H18NO.BrH/c1-5-7-8(3,4)9-6-2;/h5-7H2,1-4H3;1H/q+1;/p-1. The van der Waals surface area contributed by atoms with Crippen LogP contribution in [0.2, 0.25) is 0 Å². The van der Waals surface area contributed by atoms with E-state index in [1.54, 1.807) is 0 Å². The minimum Gasteiger partial charge on any atom is -1.00 e. The number of hydrogen-bond acceptors (Lipinski definition) is 1. The van der Waals surface area contributed by atoms with Crippen LogP contribution in [-0.2, 0) is 4.84 Å². The van der Waals surface area contributed by atoms with Crippen LogP contribution in [0.1, 0.15) is 20.3 Å². The predicted octanol–water partition coefficient (Wildman–Crippen LogP) is -1.57. The van der Waals surface area contributed by atoms with Crippen LogP contribution in [0.25, 0.3) is 0 Å². The van der Waals surface area contributed by atoms with Gasteiger partial charge in [-0.25, -0.2) is 4.84 Å². The highest BCUT2D eigenvalue weighted by Gasteiger charge is 2.12. The number of hydrogen-bond donors (Lipinski definition) is 0. The Morgan fingerprint density at radius 3 is 2.00 bits per heavy atom. The summed E-state index contributed by atoms with van der Waals surface area (Å²) >= 11 is 0. The Morgan fingerprint density at radius 1 is 1.20 bits per heavy atom. The summed E-state index contributed by atoms with van der Waals surface area (Å²) in [6, 6.07) is 0. The third kappa shape index (κ3) is 6.52. The highest BCUT2D eigenvalue weighted by atomic mass is 79.9. The molecule has 0 radical (unpaired) electrons. The van der Waals surface area contributed by atoms with E-state index in [0.717, 1.165) is 13.2 Å². The maximum absolute atomic E-state index is 5.41. The molecule has 0 atom stereocenters. The van der Waals surface area contributed by atoms with Crippen molar-refractivity contribution in [2.75, 3.05) is 27.2 Å². The summed E-state index contributed by atoms with van der Waals surface area (Å²) in [6.07, 6.45) is 1.17. The largest absolute Gasteiger partial charge is 1.00 e. The van der Waals surface area contributed by atoms with E-state index in [0.29, 0.717) is 4.65 Å². The van der Waals surface area contributed by atoms with Crippen molar-refractivity contribution in [3.63, 3.8) is 0 Å². The molecule has 0 spiro atoms. The van der Waals surface area contributed by atoms with Crippen LogP contribution in [0.5, 0.6) is 0 Å². The van der Waals surface area contributed by atoms with Crippen molar-refractivity contribution >= 4 is 0 Å². The maximum atomic E-state index is 5.41. The van der Waals surface area contributed by atoms with Crippen LogP contribution in [0.4, 0.5) is 0 Å². The summed E-state index contributed by atoms with van der Waals surface area (Å²) in [5.41, 5.74) is 0. The first-order valence-electron chi connectivity index (χ1n) is 3.60. The molecule has 10 heavy (non-hydrogen) atoms. The van der Waals surface area contributed by atoms with Gasteiger partial charge in [0.05, 0.1) is 14.1 Å². The number of rotatable bonds is 4. The van der Waals surface area contributed by atoms with Crippen LogP contribution in [0.15, 0.2) is 0 Å². The highest BCUT2D eigenvalue weighted by Crippen LogP contribution is 1.98. The van der Waals surface area contributed by atoms with Gasteiger partial charge in [-0.3, -0.25) is 0 Å². The van der Waals surface area contributed by atoms with Crippen molar-refractivity contribution in [2.24, 2.45) is 0 Å². The van der Waals surface area contributed by atoms with Crippen molar-refractivity contribution in [2.45, 2.75) is 20.3 Å². The fourth-order valence-electron chi connectivity index (χ4n) is 0.953. The Hall–Kier alpha value is 0.400. The smallest absolute Gasteiger partial charge is 0.108 e. The minimum atomic E-state index is 0. The normalized spacial score (nSPS) is 10.8. The lowest BCUT2D eigenvalue weighted by molar-refractivity contribution is -1.08. The van der Waals surface area contributed by atoms with Gasteiger partial charge in [0.1, 0.15) is 13.2 Å². The second-order valence-electron chi connectivity index (χ2n) is 2.72. The molecule has 0 aromatic carbocycles. The fraction of sp³-hybridized carbons (Fsp3) is 1.00. The zero-order valence-corrected chi connectivity index (χ0v) is 8.94. The molecular formula is C7H18BrNO. The molecule has 0 saturated carbocycles. The zero-order chi connectivity index (χ0) is 7.33. The summed E-state index contributed by atoms with van der Waals surface area (Å²) in [6.45, 7) is 6.08. The van der Waals surface area contributed by atoms with E-state index in [2.05, 4.69) is 21.0 Å². The van der Waals surface area contributed by atoms with Gasteiger partial charge < -0.3 is 17.0 Å². The quantitative estimate of drug-likeness (QED) is 0.404. The van der Waals surface area contributed by atoms with Crippen LogP contribution in [0.3, 0.4) is 0 Å². The van der Waals surface area contributed by atoms with Crippen LogP contribution in [-0.4, -0.2) is 31.9 Å². The van der Waals surface area contributed by atoms with Crippen molar-refractivity contribution in [1.29, 1.82) is 0 Å². The average Bonchev–Trinajstić information content (AvgIpc) is 1.64. The Labute approximate surface area is 74.5 Å². The second kappa shape index (κ2) is 6.13. The molecule has 0 amide bonds. The van der Waals surface area contributed by atoms with Gasteiger partial charge in [-0.1, -0.05) is 6.92 Å². The first kappa shape index (κ1) is 13.0. The van der Waals surface area contributed by atoms with E-state index in [1.165, 1.54) is 6.42 Å². The number of quaternary nitrogens is 1. The lowest BCUT2D eigenvalue weighted by Gasteiger charge is -2.25. The molecule has 64 valence electrons. The second-order valence-corrected chi connectivity index (χ2v) is 2.72. The molecule has 0 rings (SSSR count). The zero-order valence-electron chi connectivity index (χ0n) is 7.35. The molecule has 0 saturated heterocycles. The molecule has 0 fully saturated rings. The lowest BCUT2D eigenvalue weighted by atomic mass is 10.4. The Morgan fingerprint density at radius 2 is 1.70 bits per heavy atom. The number of halogens is 1. The molecule has 0 bridgehead atoms. The number of nitrogens with zero attached hydrogens (tertiary/aromatic N) is 1. The SMILES string of the molecule is CCC[N+](C)(C)OCC.[Br-]. The van der Waals surface area contributed by atoms with Gasteiger partial charge in [-0.05, 0) is 13.3 Å². The van der Waals surface area contributed by atoms with E-state index in [9.17, 15) is 0 Å². The molecule has 0 aliphatic heterocycles. The summed E-state index contributed by atoms with van der Waals surface area (Å²) in [7, 11) is 4.15. The van der Waals surface area contributed by atoms with Crippen molar-refractivity contribution in [3.8, 4) is 0 Å². The van der Waals surface area contributed by atoms with E-state index >= 15 is 0 Å². The van der Waals surface area contributed by atoms with Gasteiger partial charge in [0.15, 0.2) is 0 Å². The average molecular weight is 212 g/mol. The van der Waals surface area contributed by atoms with Crippen LogP contribution >= 0.6 is 0 Å². The van der Waals surface area contributed by atoms with Gasteiger partial charge in [0.25, 0.3) is 0 Å². The highest BCUT2D eigenvalue weighted by molar-refractivity contribution is 4.18. The third-order valence-electron chi connectivity index (χ3n) is 1.24. The van der Waals surface area contributed by atoms with E-state index in [1.807, 2.05) is 6.92 Å². The molecule has 0 aliphatic rings. The fourth-order valence-corrected chi connectivity index (χ4v) is 0.953. The first-order valence-corrected chi connectivity index (χ1v) is 3.60. The van der Waals surface area contributed by atoms with Crippen LogP contribution in [0, 0.1) is 0 Å². The van der Waals surface area contributed by atoms with Crippen LogP contribution < -0.4 is 17.0 Å². The summed E-state index contributed by atoms with van der Waals surface area (Å²) in [4.78, 5) is 5.41. The molecule has 0 aromatic heterocycles. The van der Waals surface area contributed by atoms with Gasteiger partial charge in [0, 0.05) is 0 Å². The molecule has 0 heterocycles. The lowest BCUT2D eigenvalue weighted by Crippen LogP contribution is -3.00. The van der Waals surface area contributed by atoms with Crippen molar-refractivity contribution in [1.82, 2.24) is 0 Å². The van der Waals surface area contributed by atoms with Gasteiger partial charge in [0.2, 0.25) is 0 Å². The molecule has 0 unspecified atom stereocenters. The molecular weight excluding hydrogens is 194 g/mol. The molecule has 0 aromatic rings. The Balaban J connectivity index is 0. The predicted molar refractivity (Wildman–Crippen MR) is 38.9 cm³/mol. The van der Waals surface area contributed by atoms with E-state index in [-0.39, 0.29) is 17.0 Å². The van der Waals surface area contributed by atoms with E-state index < -0.39 is 0 Å². The van der Waals surface area contributed by atoms with Gasteiger partial charge >= 0.3 is 0 Å². The summed E-state index contributed by atoms with van der Waals surface area (Å²) < 4.78 is 0.688. The summed E-state index contributed by atoms with van der Waals surface area (Å²) in [5, 5.41) is 0. The third-order valence-corrected chi connectivity index (χ3v) is 1.24. The molecule has 0 aliphatic carbocycles. The molecule has 2 nitrogen and oxygen atoms in total. The Kier molecular flexibility index (Phi) is 7.99. The van der Waals surface area contributed by atoms with Gasteiger partial charge in [-0.15, -0.1) is 0 Å². The topological polar surface area (TPSA) is 9.23 Å². The molecule has 3 heteroatoms. The number of hydroxylamine groups is 3. The maximum Gasteiger partial charge on any atom is 0.108 e.